The highest BCUT2D eigenvalue weighted by atomic mass is 16.5. The topological polar surface area (TPSA) is 110 Å². The number of nitrogens with zero attached hydrogens (tertiary/aromatic N) is 1. The molecule has 0 atom stereocenters. The Kier molecular flexibility index (Phi) is 5.37. The second-order valence-electron chi connectivity index (χ2n) is 6.92. The number of amides is 1. The maximum Gasteiger partial charge on any atom is 0.252 e. The van der Waals surface area contributed by atoms with Gasteiger partial charge in [-0.2, -0.15) is 0 Å². The first kappa shape index (κ1) is 18.1. The normalized spacial score (nSPS) is 15.7. The van der Waals surface area contributed by atoms with Crippen LogP contribution in [0, 0.1) is 5.41 Å². The Morgan fingerprint density at radius 3 is 2.81 bits per heavy atom. The molecule has 7 heteroatoms. The molecule has 4 N–H and O–H groups in total. The maximum absolute atomic E-state index is 12.6. The second-order valence-corrected chi connectivity index (χ2v) is 6.92. The number of H-pyrrole nitrogens is 1. The molecular formula is C19H24N4O3. The van der Waals surface area contributed by atoms with Gasteiger partial charge in [0.15, 0.2) is 0 Å². The molecular weight excluding hydrogens is 332 g/mol. The molecule has 1 heterocycles. The van der Waals surface area contributed by atoms with Gasteiger partial charge in [-0.25, -0.2) is 4.98 Å². The quantitative estimate of drug-likeness (QED) is 0.733. The van der Waals surface area contributed by atoms with Crippen LogP contribution in [0.15, 0.2) is 35.1 Å². The van der Waals surface area contributed by atoms with Crippen LogP contribution in [-0.2, 0) is 4.74 Å². The van der Waals surface area contributed by atoms with E-state index in [-0.39, 0.29) is 22.8 Å². The molecule has 1 aromatic heterocycles. The van der Waals surface area contributed by atoms with Crippen molar-refractivity contribution in [1.82, 2.24) is 15.3 Å². The van der Waals surface area contributed by atoms with Crippen LogP contribution in [0.4, 0.5) is 5.95 Å². The van der Waals surface area contributed by atoms with E-state index < -0.39 is 0 Å². The molecule has 0 unspecified atom stereocenters. The van der Waals surface area contributed by atoms with Gasteiger partial charge < -0.3 is 15.8 Å². The molecule has 1 aromatic carbocycles. The fourth-order valence-corrected chi connectivity index (χ4v) is 3.62. The van der Waals surface area contributed by atoms with E-state index >= 15 is 0 Å². The molecule has 1 fully saturated rings. The summed E-state index contributed by atoms with van der Waals surface area (Å²) >= 11 is 0. The number of aromatic nitrogens is 2. The number of ether oxygens (including phenoxy) is 1. The highest BCUT2D eigenvalue weighted by molar-refractivity contribution is 5.95. The molecule has 1 aliphatic carbocycles. The lowest BCUT2D eigenvalue weighted by Crippen LogP contribution is -2.38. The van der Waals surface area contributed by atoms with Crippen LogP contribution < -0.4 is 16.6 Å². The van der Waals surface area contributed by atoms with Crippen molar-refractivity contribution < 1.29 is 9.53 Å². The van der Waals surface area contributed by atoms with Gasteiger partial charge in [-0.05, 0) is 25.0 Å². The number of aromatic amines is 1. The summed E-state index contributed by atoms with van der Waals surface area (Å²) in [7, 11) is 1.70. The van der Waals surface area contributed by atoms with Crippen molar-refractivity contribution in [3.8, 4) is 11.3 Å². The minimum absolute atomic E-state index is 0.0325. The number of hydrogen-bond donors (Lipinski definition) is 3. The first-order valence-electron chi connectivity index (χ1n) is 8.76. The monoisotopic (exact) mass is 356 g/mol. The summed E-state index contributed by atoms with van der Waals surface area (Å²) in [5.41, 5.74) is 6.93. The highest BCUT2D eigenvalue weighted by Gasteiger charge is 2.34. The lowest BCUT2D eigenvalue weighted by Gasteiger charge is -2.28. The number of methoxy groups -OCH3 is 1. The van der Waals surface area contributed by atoms with Crippen molar-refractivity contribution in [1.29, 1.82) is 0 Å². The number of nitrogens with one attached hydrogen (secondary N) is 2. The Bertz CT molecular complexity index is 841. The first-order chi connectivity index (χ1) is 12.5. The van der Waals surface area contributed by atoms with Crippen LogP contribution in [0.5, 0.6) is 0 Å². The average Bonchev–Trinajstić information content (AvgIpc) is 3.08. The van der Waals surface area contributed by atoms with Gasteiger partial charge in [-0.1, -0.05) is 25.0 Å². The molecule has 1 saturated carbocycles. The minimum atomic E-state index is -0.329. The van der Waals surface area contributed by atoms with E-state index in [1.807, 2.05) is 0 Å². The van der Waals surface area contributed by atoms with E-state index in [9.17, 15) is 9.59 Å². The molecule has 0 saturated heterocycles. The van der Waals surface area contributed by atoms with E-state index in [2.05, 4.69) is 15.3 Å². The second kappa shape index (κ2) is 7.70. The SMILES string of the molecule is COCC1(CNC(=O)c2cccc(-c3cc(=O)[nH]c(N)n3)c2)CCCC1. The van der Waals surface area contributed by atoms with Crippen molar-refractivity contribution in [2.45, 2.75) is 25.7 Å². The fraction of sp³-hybridized carbons (Fsp3) is 0.421. The number of nitrogen functional groups attached to an aromatic ring is 1. The first-order valence-corrected chi connectivity index (χ1v) is 8.76. The van der Waals surface area contributed by atoms with Crippen LogP contribution in [0.2, 0.25) is 0 Å². The Hall–Kier alpha value is -2.67. The largest absolute Gasteiger partial charge is 0.384 e. The molecule has 138 valence electrons. The van der Waals surface area contributed by atoms with Crippen molar-refractivity contribution in [2.24, 2.45) is 5.41 Å². The Balaban J connectivity index is 1.75. The molecule has 0 radical (unpaired) electrons. The number of anilines is 1. The molecule has 0 aliphatic heterocycles. The van der Waals surface area contributed by atoms with E-state index in [4.69, 9.17) is 10.5 Å². The van der Waals surface area contributed by atoms with E-state index in [1.165, 1.54) is 18.9 Å². The van der Waals surface area contributed by atoms with E-state index in [0.29, 0.717) is 30.0 Å². The number of carbonyl (C=O) groups excluding carboxylic acids is 1. The molecule has 0 spiro atoms. The van der Waals surface area contributed by atoms with Gasteiger partial charge in [0.25, 0.3) is 11.5 Å². The zero-order valence-electron chi connectivity index (χ0n) is 14.9. The molecule has 0 bridgehead atoms. The molecule has 2 aromatic rings. The zero-order valence-corrected chi connectivity index (χ0v) is 14.9. The zero-order chi connectivity index (χ0) is 18.6. The predicted molar refractivity (Wildman–Crippen MR) is 99.8 cm³/mol. The van der Waals surface area contributed by atoms with Crippen molar-refractivity contribution in [2.75, 3.05) is 26.0 Å². The Morgan fingerprint density at radius 2 is 2.12 bits per heavy atom. The van der Waals surface area contributed by atoms with Crippen LogP contribution in [-0.4, -0.2) is 36.1 Å². The number of hydrogen-bond acceptors (Lipinski definition) is 5. The maximum atomic E-state index is 12.6. The summed E-state index contributed by atoms with van der Waals surface area (Å²) in [5, 5.41) is 3.04. The van der Waals surface area contributed by atoms with Crippen LogP contribution in [0.1, 0.15) is 36.0 Å². The summed E-state index contributed by atoms with van der Waals surface area (Å²) in [6.07, 6.45) is 4.48. The van der Waals surface area contributed by atoms with Gasteiger partial charge in [-0.15, -0.1) is 0 Å². The number of rotatable bonds is 6. The van der Waals surface area contributed by atoms with Crippen LogP contribution in [0.3, 0.4) is 0 Å². The van der Waals surface area contributed by atoms with E-state index in [1.54, 1.807) is 31.4 Å². The van der Waals surface area contributed by atoms with Gasteiger partial charge in [0.1, 0.15) is 0 Å². The van der Waals surface area contributed by atoms with Crippen molar-refractivity contribution in [3.63, 3.8) is 0 Å². The lowest BCUT2D eigenvalue weighted by atomic mass is 9.87. The summed E-state index contributed by atoms with van der Waals surface area (Å²) in [4.78, 5) is 30.7. The Labute approximate surface area is 152 Å². The third kappa shape index (κ3) is 4.11. The number of carbonyl (C=O) groups is 1. The average molecular weight is 356 g/mol. The number of nitrogens with two attached hydrogens (primary N) is 1. The summed E-state index contributed by atoms with van der Waals surface area (Å²) < 4.78 is 5.36. The van der Waals surface area contributed by atoms with Gasteiger partial charge in [0, 0.05) is 36.3 Å². The predicted octanol–water partition coefficient (Wildman–Crippen LogP) is 1.96. The van der Waals surface area contributed by atoms with Gasteiger partial charge in [0.05, 0.1) is 12.3 Å². The molecule has 1 aliphatic rings. The van der Waals surface area contributed by atoms with E-state index in [0.717, 1.165) is 12.8 Å². The third-order valence-electron chi connectivity index (χ3n) is 4.92. The van der Waals surface area contributed by atoms with Crippen molar-refractivity contribution in [3.05, 3.63) is 46.2 Å². The summed E-state index contributed by atoms with van der Waals surface area (Å²) in [6.45, 7) is 1.25. The highest BCUT2D eigenvalue weighted by Crippen LogP contribution is 2.37. The standard InChI is InChI=1S/C19H24N4O3/c1-26-12-19(7-2-3-8-19)11-21-17(25)14-6-4-5-13(9-14)15-10-16(24)23-18(20)22-15/h4-6,9-10H,2-3,7-8,11-12H2,1H3,(H,21,25)(H3,20,22,23,24). The third-order valence-corrected chi connectivity index (χ3v) is 4.92. The van der Waals surface area contributed by atoms with Crippen LogP contribution in [0.25, 0.3) is 11.3 Å². The minimum Gasteiger partial charge on any atom is -0.384 e. The number of benzene rings is 1. The summed E-state index contributed by atoms with van der Waals surface area (Å²) in [6, 6.07) is 8.38. The molecule has 26 heavy (non-hydrogen) atoms. The van der Waals surface area contributed by atoms with Gasteiger partial charge in [-0.3, -0.25) is 14.6 Å². The van der Waals surface area contributed by atoms with Crippen molar-refractivity contribution >= 4 is 11.9 Å². The molecule has 1 amide bonds. The Morgan fingerprint density at radius 1 is 1.35 bits per heavy atom. The molecule has 7 nitrogen and oxygen atoms in total. The van der Waals surface area contributed by atoms with Gasteiger partial charge in [0.2, 0.25) is 5.95 Å². The molecule has 3 rings (SSSR count). The fourth-order valence-electron chi connectivity index (χ4n) is 3.62. The lowest BCUT2D eigenvalue weighted by molar-refractivity contribution is 0.0741. The summed E-state index contributed by atoms with van der Waals surface area (Å²) in [5.74, 6) is -0.0999. The van der Waals surface area contributed by atoms with Gasteiger partial charge >= 0.3 is 0 Å². The smallest absolute Gasteiger partial charge is 0.252 e. The van der Waals surface area contributed by atoms with Crippen LogP contribution >= 0.6 is 0 Å².